The van der Waals surface area contributed by atoms with E-state index in [1.54, 1.807) is 30.3 Å². The summed E-state index contributed by atoms with van der Waals surface area (Å²) in [4.78, 5) is 26.7. The van der Waals surface area contributed by atoms with Gasteiger partial charge in [0.2, 0.25) is 0 Å². The van der Waals surface area contributed by atoms with Gasteiger partial charge in [0.05, 0.1) is 40.8 Å². The SMILES string of the molecule is CCOc1ccc(N2C(=O)N(c3cccc([N+](=O)[O-])c3)[C@H]3CS(=O)(=O)C[C@H]32)cc1. The van der Waals surface area contributed by atoms with Gasteiger partial charge in [-0.05, 0) is 37.3 Å². The fraction of sp³-hybridized carbons (Fsp3) is 0.316. The van der Waals surface area contributed by atoms with Crippen molar-refractivity contribution in [2.75, 3.05) is 27.9 Å². The molecule has 2 aliphatic heterocycles. The maximum atomic E-state index is 13.3. The van der Waals surface area contributed by atoms with Gasteiger partial charge in [0, 0.05) is 17.8 Å². The van der Waals surface area contributed by atoms with E-state index in [2.05, 4.69) is 0 Å². The molecule has 2 fully saturated rings. The van der Waals surface area contributed by atoms with E-state index < -0.39 is 32.9 Å². The maximum Gasteiger partial charge on any atom is 0.329 e. The lowest BCUT2D eigenvalue weighted by atomic mass is 10.1. The third-order valence-corrected chi connectivity index (χ3v) is 6.81. The standard InChI is InChI=1S/C19H19N3O6S/c1-2-28-16-8-6-13(7-9-16)20-17-11-29(26,27)12-18(17)21(19(20)23)14-4-3-5-15(10-14)22(24)25/h3-10,17-18H,2,11-12H2,1H3/t17-,18+/m1/s1. The zero-order valence-corrected chi connectivity index (χ0v) is 16.4. The molecule has 152 valence electrons. The predicted octanol–water partition coefficient (Wildman–Crippen LogP) is 2.61. The first kappa shape index (κ1) is 19.2. The van der Waals surface area contributed by atoms with Gasteiger partial charge in [0.15, 0.2) is 9.84 Å². The highest BCUT2D eigenvalue weighted by Crippen LogP contribution is 2.39. The second kappa shape index (κ2) is 7.03. The van der Waals surface area contributed by atoms with Crippen LogP contribution in [0.3, 0.4) is 0 Å². The van der Waals surface area contributed by atoms with Crippen LogP contribution in [0, 0.1) is 10.1 Å². The van der Waals surface area contributed by atoms with Crippen LogP contribution in [0.4, 0.5) is 21.9 Å². The summed E-state index contributed by atoms with van der Waals surface area (Å²) in [5.74, 6) is 0.316. The molecule has 9 nitrogen and oxygen atoms in total. The highest BCUT2D eigenvalue weighted by atomic mass is 32.2. The fourth-order valence-corrected chi connectivity index (χ4v) is 5.85. The number of ether oxygens (including phenoxy) is 1. The van der Waals surface area contributed by atoms with Crippen molar-refractivity contribution in [2.45, 2.75) is 19.0 Å². The zero-order valence-electron chi connectivity index (χ0n) is 15.6. The van der Waals surface area contributed by atoms with E-state index in [-0.39, 0.29) is 17.2 Å². The van der Waals surface area contributed by atoms with Crippen LogP contribution in [0.2, 0.25) is 0 Å². The smallest absolute Gasteiger partial charge is 0.329 e. The molecule has 2 amide bonds. The number of non-ortho nitro benzene ring substituents is 1. The van der Waals surface area contributed by atoms with E-state index in [9.17, 15) is 23.3 Å². The summed E-state index contributed by atoms with van der Waals surface area (Å²) in [6.45, 7) is 2.37. The number of carbonyl (C=O) groups excluding carboxylic acids is 1. The Hall–Kier alpha value is -3.14. The summed E-state index contributed by atoms with van der Waals surface area (Å²) < 4.78 is 30.1. The molecule has 29 heavy (non-hydrogen) atoms. The summed E-state index contributed by atoms with van der Waals surface area (Å²) in [6, 6.07) is 11.0. The zero-order chi connectivity index (χ0) is 20.8. The number of hydrogen-bond donors (Lipinski definition) is 0. The number of nitro benzene ring substituents is 1. The first-order valence-corrected chi connectivity index (χ1v) is 10.9. The molecule has 10 heteroatoms. The molecule has 2 aromatic rings. The number of urea groups is 1. The number of rotatable bonds is 5. The van der Waals surface area contributed by atoms with Gasteiger partial charge in [-0.15, -0.1) is 0 Å². The number of carbonyl (C=O) groups is 1. The van der Waals surface area contributed by atoms with Crippen molar-refractivity contribution in [1.29, 1.82) is 0 Å². The van der Waals surface area contributed by atoms with Crippen LogP contribution in [-0.4, -0.2) is 49.6 Å². The topological polar surface area (TPSA) is 110 Å². The van der Waals surface area contributed by atoms with Crippen molar-refractivity contribution >= 4 is 32.9 Å². The van der Waals surface area contributed by atoms with Gasteiger partial charge in [-0.25, -0.2) is 13.2 Å². The van der Waals surface area contributed by atoms with E-state index in [4.69, 9.17) is 4.74 Å². The first-order chi connectivity index (χ1) is 13.8. The molecule has 4 rings (SSSR count). The van der Waals surface area contributed by atoms with Crippen LogP contribution in [0.1, 0.15) is 6.92 Å². The average molecular weight is 417 g/mol. The number of sulfone groups is 1. The number of fused-ring (bicyclic) bond motifs is 1. The van der Waals surface area contributed by atoms with E-state index >= 15 is 0 Å². The quantitative estimate of drug-likeness (QED) is 0.420. The van der Waals surface area contributed by atoms with Gasteiger partial charge < -0.3 is 4.74 Å². The summed E-state index contributed by atoms with van der Waals surface area (Å²) in [6.07, 6.45) is 0. The monoisotopic (exact) mass is 417 g/mol. The number of nitrogens with zero attached hydrogens (tertiary/aromatic N) is 3. The average Bonchev–Trinajstić information content (AvgIpc) is 3.11. The molecule has 2 heterocycles. The molecule has 2 saturated heterocycles. The van der Waals surface area contributed by atoms with Crippen LogP contribution in [-0.2, 0) is 9.84 Å². The second-order valence-corrected chi connectivity index (χ2v) is 9.09. The van der Waals surface area contributed by atoms with Crippen molar-refractivity contribution in [3.05, 3.63) is 58.6 Å². The van der Waals surface area contributed by atoms with Gasteiger partial charge in [-0.3, -0.25) is 19.9 Å². The van der Waals surface area contributed by atoms with Crippen molar-refractivity contribution in [3.63, 3.8) is 0 Å². The van der Waals surface area contributed by atoms with Gasteiger partial charge in [-0.1, -0.05) is 6.07 Å². The molecule has 2 aromatic carbocycles. The minimum absolute atomic E-state index is 0.151. The van der Waals surface area contributed by atoms with Crippen LogP contribution >= 0.6 is 0 Å². The summed E-state index contributed by atoms with van der Waals surface area (Å²) in [7, 11) is -3.35. The van der Waals surface area contributed by atoms with E-state index in [1.165, 1.54) is 28.0 Å². The summed E-state index contributed by atoms with van der Waals surface area (Å²) in [5.41, 5.74) is 0.704. The lowest BCUT2D eigenvalue weighted by Crippen LogP contribution is -2.37. The molecule has 0 spiro atoms. The Kier molecular flexibility index (Phi) is 4.65. The summed E-state index contributed by atoms with van der Waals surface area (Å²) in [5, 5.41) is 11.1. The molecule has 2 aliphatic rings. The molecule has 0 aromatic heterocycles. The second-order valence-electron chi connectivity index (χ2n) is 6.94. The van der Waals surface area contributed by atoms with E-state index in [0.717, 1.165) is 0 Å². The molecule has 0 saturated carbocycles. The molecule has 2 atom stereocenters. The Bertz CT molecular complexity index is 1070. The lowest BCUT2D eigenvalue weighted by Gasteiger charge is -2.22. The summed E-state index contributed by atoms with van der Waals surface area (Å²) >= 11 is 0. The van der Waals surface area contributed by atoms with Crippen molar-refractivity contribution in [1.82, 2.24) is 0 Å². The Morgan fingerprint density at radius 1 is 1.07 bits per heavy atom. The molecule has 0 bridgehead atoms. The van der Waals surface area contributed by atoms with E-state index in [0.29, 0.717) is 23.7 Å². The van der Waals surface area contributed by atoms with Crippen molar-refractivity contribution in [3.8, 4) is 5.75 Å². The van der Waals surface area contributed by atoms with E-state index in [1.807, 2.05) is 6.92 Å². The van der Waals surface area contributed by atoms with Crippen molar-refractivity contribution < 1.29 is 22.9 Å². The number of hydrogen-bond acceptors (Lipinski definition) is 6. The molecule has 0 radical (unpaired) electrons. The lowest BCUT2D eigenvalue weighted by molar-refractivity contribution is -0.384. The van der Waals surface area contributed by atoms with Crippen molar-refractivity contribution in [2.24, 2.45) is 0 Å². The van der Waals surface area contributed by atoms with Crippen LogP contribution < -0.4 is 14.5 Å². The highest BCUT2D eigenvalue weighted by molar-refractivity contribution is 7.91. The van der Waals surface area contributed by atoms with Crippen LogP contribution in [0.5, 0.6) is 5.75 Å². The largest absolute Gasteiger partial charge is 0.494 e. The van der Waals surface area contributed by atoms with Gasteiger partial charge in [0.1, 0.15) is 5.75 Å². The normalized spacial score (nSPS) is 22.6. The predicted molar refractivity (Wildman–Crippen MR) is 107 cm³/mol. The molecular weight excluding hydrogens is 398 g/mol. The minimum atomic E-state index is -3.35. The molecular formula is C19H19N3O6S. The molecule has 0 unspecified atom stereocenters. The van der Waals surface area contributed by atoms with Crippen LogP contribution in [0.15, 0.2) is 48.5 Å². The Morgan fingerprint density at radius 2 is 1.69 bits per heavy atom. The number of nitro groups is 1. The molecule has 0 N–H and O–H groups in total. The Labute approximate surface area is 167 Å². The van der Waals surface area contributed by atoms with Gasteiger partial charge in [0.25, 0.3) is 5.69 Å². The molecule has 0 aliphatic carbocycles. The number of anilines is 2. The third-order valence-electron chi connectivity index (χ3n) is 5.11. The van der Waals surface area contributed by atoms with Crippen LogP contribution in [0.25, 0.3) is 0 Å². The number of benzene rings is 2. The maximum absolute atomic E-state index is 13.3. The Balaban J connectivity index is 1.75. The third kappa shape index (κ3) is 3.39. The highest BCUT2D eigenvalue weighted by Gasteiger charge is 2.54. The Morgan fingerprint density at radius 3 is 2.28 bits per heavy atom. The first-order valence-electron chi connectivity index (χ1n) is 9.11. The van der Waals surface area contributed by atoms with Gasteiger partial charge >= 0.3 is 6.03 Å². The van der Waals surface area contributed by atoms with Gasteiger partial charge in [-0.2, -0.15) is 0 Å². The fourth-order valence-electron chi connectivity index (χ4n) is 3.93. The number of amides is 2. The minimum Gasteiger partial charge on any atom is -0.494 e.